The minimum absolute atomic E-state index is 0. The van der Waals surface area contributed by atoms with Gasteiger partial charge in [0.1, 0.15) is 0 Å². The number of aliphatic hydroxyl groups excluding tert-OH is 2. The second-order valence-corrected chi connectivity index (χ2v) is 21.6. The van der Waals surface area contributed by atoms with Crippen LogP contribution in [0, 0.1) is 35.5 Å². The maximum atomic E-state index is 11.8. The van der Waals surface area contributed by atoms with Crippen LogP contribution < -0.4 is 35.3 Å². The predicted octanol–water partition coefficient (Wildman–Crippen LogP) is 9.68. The van der Waals surface area contributed by atoms with Crippen molar-refractivity contribution in [3.63, 3.8) is 0 Å². The Kier molecular flexibility index (Phi) is 50.5. The molecule has 0 unspecified atom stereocenters. The standard InChI is InChI=1S/C13H20O3S.C7H7ClO2S.C6H13N3.C6H15N.C6H14O.C2H6O.CH3F.CH4.N3.Na/c1-11-5-7-12(8-6-11)17(14,15)16-10-9-13(2,3)4;1-6-2-4-7(5-3-6)11(8,9)10;1-6(2,3)4-5-8-9-7;2*1-6(2,3)4-5-7;1-2-3;1-2;;1-3-2;/h5-8H,9-10H2,1-4H3;2-5H,1H3;4-5H2,1-3H3;4-5,7H2,1-3H3;7H,4-5H2,1-3H3;3H,2H2,1H3;1H3;1H4;;/q;;;;;;;;-1;+1/i;;;;;;1D;;;. The van der Waals surface area contributed by atoms with Gasteiger partial charge in [0.25, 0.3) is 19.2 Å². The number of nitrogens with zero attached hydrogens (tertiary/aromatic N) is 6. The Morgan fingerprint density at radius 1 is 0.738 bits per heavy atom. The molecule has 0 aromatic heterocycles. The molecule has 0 saturated carbocycles. The zero-order valence-electron chi connectivity index (χ0n) is 40.5. The molecule has 0 heterocycles. The number of rotatable bonds is 9. The van der Waals surface area contributed by atoms with E-state index in [-0.39, 0.29) is 70.8 Å². The maximum Gasteiger partial charge on any atom is 1.00 e. The monoisotopic (exact) mass is 939 g/mol. The van der Waals surface area contributed by atoms with Crippen molar-refractivity contribution in [2.75, 3.05) is 40.1 Å². The van der Waals surface area contributed by atoms with Crippen LogP contribution in [-0.2, 0) is 23.4 Å². The Morgan fingerprint density at radius 3 is 1.26 bits per heavy atom. The fourth-order valence-electron chi connectivity index (χ4n) is 3.13. The SMILES string of the molecule is C.CC(C)(C)CCN.CC(C)(C)CCN=[N+]=[N-].CC(C)(C)CCO.CCO.Cc1ccc(S(=O)(=O)Cl)cc1.Cc1ccc(S(=O)(=O)OCCC(C)(C)C)cc1.[2H]CF.[N-]=[N+]=[N-].[Na+]. The van der Waals surface area contributed by atoms with Crippen LogP contribution in [0.1, 0.15) is 136 Å². The van der Waals surface area contributed by atoms with Gasteiger partial charge in [-0.25, -0.2) is 8.42 Å². The molecule has 4 N–H and O–H groups in total. The number of aliphatic hydroxyl groups is 2. The van der Waals surface area contributed by atoms with Gasteiger partial charge < -0.3 is 27.0 Å². The van der Waals surface area contributed by atoms with Crippen LogP contribution in [0.5, 0.6) is 0 Å². The second kappa shape index (κ2) is 42.0. The molecular weight excluding hydrogens is 856 g/mol. The zero-order valence-corrected chi connectivity index (χ0v) is 43.8. The molecule has 19 heteroatoms. The number of alkyl halides is 1. The topological polar surface area (TPSA) is 251 Å². The normalized spacial score (nSPS) is 10.7. The van der Waals surface area contributed by atoms with Crippen LogP contribution >= 0.6 is 10.7 Å². The van der Waals surface area contributed by atoms with Crippen LogP contribution in [0.2, 0.25) is 0 Å². The average molecular weight is 940 g/mol. The summed E-state index contributed by atoms with van der Waals surface area (Å²) in [6.07, 6.45) is 3.68. The third-order valence-corrected chi connectivity index (χ3v) is 9.18. The third-order valence-electron chi connectivity index (χ3n) is 6.48. The number of nitrogens with two attached hydrogens (primary N) is 1. The van der Waals surface area contributed by atoms with Crippen LogP contribution in [-0.4, -0.2) is 67.1 Å². The van der Waals surface area contributed by atoms with Crippen molar-refractivity contribution in [3.05, 3.63) is 86.1 Å². The molecule has 2 aromatic carbocycles. The number of hydrogen-bond donors (Lipinski definition) is 3. The predicted molar refractivity (Wildman–Crippen MR) is 252 cm³/mol. The molecule has 0 bridgehead atoms. The van der Waals surface area contributed by atoms with E-state index in [0.717, 1.165) is 36.9 Å². The van der Waals surface area contributed by atoms with Crippen molar-refractivity contribution >= 4 is 29.9 Å². The van der Waals surface area contributed by atoms with E-state index in [1.54, 1.807) is 43.3 Å². The van der Waals surface area contributed by atoms with E-state index in [4.69, 9.17) is 48.8 Å². The summed E-state index contributed by atoms with van der Waals surface area (Å²) < 4.78 is 65.5. The molecule has 0 saturated heterocycles. The first-order chi connectivity index (χ1) is 27.1. The van der Waals surface area contributed by atoms with E-state index < -0.39 is 26.3 Å². The second-order valence-electron chi connectivity index (χ2n) is 17.5. The Labute approximate surface area is 399 Å². The van der Waals surface area contributed by atoms with Crippen molar-refractivity contribution in [1.82, 2.24) is 0 Å². The maximum absolute atomic E-state index is 11.8. The molecule has 0 aliphatic carbocycles. The Bertz CT molecular complexity index is 1610. The molecule has 0 atom stereocenters. The number of halogens is 2. The average Bonchev–Trinajstić information content (AvgIpc) is 3.05. The van der Waals surface area contributed by atoms with Crippen LogP contribution in [0.15, 0.2) is 63.4 Å². The van der Waals surface area contributed by atoms with Gasteiger partial charge in [0.05, 0.1) is 24.9 Å². The molecule has 0 aliphatic rings. The minimum Gasteiger partial charge on any atom is -0.397 e. The molecule has 2 aromatic rings. The summed E-state index contributed by atoms with van der Waals surface area (Å²) in [5, 5.41) is 19.4. The molecule has 354 valence electrons. The molecule has 0 spiro atoms. The van der Waals surface area contributed by atoms with E-state index in [9.17, 15) is 21.2 Å². The minimum atomic E-state index is -3.60. The summed E-state index contributed by atoms with van der Waals surface area (Å²) in [7, 11) is -3.06. The van der Waals surface area contributed by atoms with Gasteiger partial charge >= 0.3 is 29.6 Å². The van der Waals surface area contributed by atoms with Crippen molar-refractivity contribution < 1.29 is 66.6 Å². The summed E-state index contributed by atoms with van der Waals surface area (Å²) in [5.74, 6) is 0. The van der Waals surface area contributed by atoms with Crippen LogP contribution in [0.3, 0.4) is 0 Å². The van der Waals surface area contributed by atoms with E-state index in [1.807, 2.05) is 13.8 Å². The summed E-state index contributed by atoms with van der Waals surface area (Å²) >= 11 is 0. The van der Waals surface area contributed by atoms with Crippen LogP contribution in [0.25, 0.3) is 26.4 Å². The quantitative estimate of drug-likeness (QED) is 0.0543. The first-order valence-corrected chi connectivity index (χ1v) is 22.6. The van der Waals surface area contributed by atoms with Crippen LogP contribution in [0.4, 0.5) is 4.39 Å². The Hall–Kier alpha value is -1.98. The molecule has 0 amide bonds. The molecule has 0 radical (unpaired) electrons. The Morgan fingerprint density at radius 2 is 1.05 bits per heavy atom. The van der Waals surface area contributed by atoms with Crippen molar-refractivity contribution in [3.8, 4) is 0 Å². The van der Waals surface area contributed by atoms with Gasteiger partial charge in [0.15, 0.2) is 0 Å². The fraction of sp³-hybridized carbons (Fsp3) is 0.714. The van der Waals surface area contributed by atoms with Gasteiger partial charge in [-0.05, 0) is 104 Å². The van der Waals surface area contributed by atoms with Gasteiger partial charge in [-0.1, -0.05) is 131 Å². The largest absolute Gasteiger partial charge is 1.00 e. The molecule has 0 fully saturated rings. The van der Waals surface area contributed by atoms with Gasteiger partial charge in [0, 0.05) is 35.4 Å². The smallest absolute Gasteiger partial charge is 0.397 e. The molecule has 14 nitrogen and oxygen atoms in total. The molecule has 2 rings (SSSR count). The zero-order chi connectivity index (χ0) is 48.9. The van der Waals surface area contributed by atoms with E-state index >= 15 is 0 Å². The summed E-state index contributed by atoms with van der Waals surface area (Å²) in [6.45, 7) is 33.1. The number of aryl methyl sites for hydroxylation is 2. The summed E-state index contributed by atoms with van der Waals surface area (Å²) in [6, 6.07) is 13.0. The fourth-order valence-corrected chi connectivity index (χ4v) is 4.81. The third kappa shape index (κ3) is 67.3. The van der Waals surface area contributed by atoms with Gasteiger partial charge in [-0.3, -0.25) is 13.5 Å². The van der Waals surface area contributed by atoms with E-state index in [2.05, 4.69) is 93.1 Å². The van der Waals surface area contributed by atoms with Gasteiger partial charge in [-0.2, -0.15) is 8.42 Å². The first kappa shape index (κ1) is 73.4. The van der Waals surface area contributed by atoms with E-state index in [0.29, 0.717) is 30.4 Å². The molecular formula is C42H82ClFN7NaO7S2. The molecule has 61 heavy (non-hydrogen) atoms. The summed E-state index contributed by atoms with van der Waals surface area (Å²) in [4.78, 5) is 4.53. The van der Waals surface area contributed by atoms with Gasteiger partial charge in [-0.15, -0.1) is 0 Å². The summed E-state index contributed by atoms with van der Waals surface area (Å²) in [5.41, 5.74) is 29.9. The molecule has 0 aliphatic heterocycles. The van der Waals surface area contributed by atoms with Gasteiger partial charge in [0.2, 0.25) is 0 Å². The van der Waals surface area contributed by atoms with Crippen molar-refractivity contribution in [2.24, 2.45) is 32.5 Å². The van der Waals surface area contributed by atoms with Crippen molar-refractivity contribution in [1.29, 1.82) is 0 Å². The van der Waals surface area contributed by atoms with E-state index in [1.165, 1.54) is 17.0 Å². The number of azide groups is 1. The number of benzene rings is 2. The first-order valence-electron chi connectivity index (χ1n) is 19.6. The Balaban J connectivity index is -0.0000000958. The van der Waals surface area contributed by atoms with Crippen molar-refractivity contribution in [2.45, 2.75) is 147 Å². The number of hydrogen-bond acceptors (Lipinski definition) is 9.